The van der Waals surface area contributed by atoms with Crippen LogP contribution in [0, 0.1) is 0 Å². The topological polar surface area (TPSA) is 44.5 Å². The van der Waals surface area contributed by atoms with Gasteiger partial charge in [-0.3, -0.25) is 0 Å². The van der Waals surface area contributed by atoms with Crippen LogP contribution < -0.4 is 15.2 Å². The first-order valence-corrected chi connectivity index (χ1v) is 7.73. The summed E-state index contributed by atoms with van der Waals surface area (Å²) >= 11 is 5.18. The first-order valence-electron chi connectivity index (χ1n) is 6.12. The molecule has 2 aromatic rings. The predicted octanol–water partition coefficient (Wildman–Crippen LogP) is 3.52. The molecule has 5 heteroatoms. The van der Waals surface area contributed by atoms with Crippen LogP contribution in [0.3, 0.4) is 0 Å². The van der Waals surface area contributed by atoms with Gasteiger partial charge in [0.2, 0.25) is 0 Å². The van der Waals surface area contributed by atoms with Crippen LogP contribution in [0.2, 0.25) is 0 Å². The zero-order chi connectivity index (χ0) is 13.2. The molecule has 2 heterocycles. The Balaban J connectivity index is 1.85. The lowest BCUT2D eigenvalue weighted by molar-refractivity contribution is 0.169. The van der Waals surface area contributed by atoms with Crippen molar-refractivity contribution < 1.29 is 9.47 Å². The third-order valence-electron chi connectivity index (χ3n) is 3.05. The first-order chi connectivity index (χ1) is 9.24. The highest BCUT2D eigenvalue weighted by molar-refractivity contribution is 9.11. The maximum atomic E-state index is 6.32. The molecule has 3 rings (SSSR count). The lowest BCUT2D eigenvalue weighted by Gasteiger charge is -2.23. The maximum absolute atomic E-state index is 6.32. The molecule has 0 radical (unpaired) electrons. The van der Waals surface area contributed by atoms with Crippen LogP contribution in [-0.2, 0) is 6.42 Å². The summed E-state index contributed by atoms with van der Waals surface area (Å²) in [6.45, 7) is 1.19. The minimum absolute atomic E-state index is 0.0813. The number of ether oxygens (including phenoxy) is 2. The summed E-state index contributed by atoms with van der Waals surface area (Å²) in [6.07, 6.45) is 0.802. The molecule has 0 fully saturated rings. The number of halogens is 1. The zero-order valence-electron chi connectivity index (χ0n) is 10.3. The second-order valence-electron chi connectivity index (χ2n) is 4.39. The van der Waals surface area contributed by atoms with Crippen LogP contribution in [0.5, 0.6) is 11.5 Å². The number of hydrogen-bond donors (Lipinski definition) is 1. The molecular formula is C14H14BrNO2S. The molecule has 0 aliphatic carbocycles. The number of thiophene rings is 1. The van der Waals surface area contributed by atoms with Gasteiger partial charge in [-0.2, -0.15) is 0 Å². The molecule has 1 aromatic heterocycles. The van der Waals surface area contributed by atoms with Crippen LogP contribution in [0.4, 0.5) is 0 Å². The zero-order valence-corrected chi connectivity index (χ0v) is 12.7. The van der Waals surface area contributed by atoms with E-state index in [1.807, 2.05) is 24.3 Å². The Morgan fingerprint density at radius 3 is 2.84 bits per heavy atom. The normalized spacial score (nSPS) is 15.3. The van der Waals surface area contributed by atoms with E-state index in [9.17, 15) is 0 Å². The summed E-state index contributed by atoms with van der Waals surface area (Å²) in [7, 11) is 0. The van der Waals surface area contributed by atoms with E-state index in [4.69, 9.17) is 15.2 Å². The van der Waals surface area contributed by atoms with E-state index >= 15 is 0 Å². The number of nitrogens with two attached hydrogens (primary N) is 1. The van der Waals surface area contributed by atoms with Crippen LogP contribution in [-0.4, -0.2) is 13.2 Å². The third kappa shape index (κ3) is 2.78. The molecule has 1 unspecified atom stereocenters. The average molecular weight is 340 g/mol. The van der Waals surface area contributed by atoms with Crippen molar-refractivity contribution in [2.75, 3.05) is 13.2 Å². The summed E-state index contributed by atoms with van der Waals surface area (Å²) in [5.74, 6) is 1.60. The lowest BCUT2D eigenvalue weighted by Crippen LogP contribution is -2.20. The number of rotatable bonds is 3. The lowest BCUT2D eigenvalue weighted by atomic mass is 10.0. The Kier molecular flexibility index (Phi) is 3.77. The molecule has 0 spiro atoms. The quantitative estimate of drug-likeness (QED) is 0.930. The minimum Gasteiger partial charge on any atom is -0.486 e. The SMILES string of the molecule is NC(Cc1ccc(Br)s1)c1cccc2c1OCCO2. The second kappa shape index (κ2) is 5.53. The Morgan fingerprint density at radius 2 is 2.05 bits per heavy atom. The third-order valence-corrected chi connectivity index (χ3v) is 4.69. The number of hydrogen-bond acceptors (Lipinski definition) is 4. The second-order valence-corrected chi connectivity index (χ2v) is 6.94. The average Bonchev–Trinajstić information content (AvgIpc) is 2.83. The molecule has 2 N–H and O–H groups in total. The van der Waals surface area contributed by atoms with Crippen molar-refractivity contribution in [1.82, 2.24) is 0 Å². The molecule has 19 heavy (non-hydrogen) atoms. The molecular weight excluding hydrogens is 326 g/mol. The van der Waals surface area contributed by atoms with Gasteiger partial charge in [-0.05, 0) is 34.1 Å². The van der Waals surface area contributed by atoms with Gasteiger partial charge < -0.3 is 15.2 Å². The van der Waals surface area contributed by atoms with Crippen molar-refractivity contribution in [3.8, 4) is 11.5 Å². The van der Waals surface area contributed by atoms with Gasteiger partial charge in [0.05, 0.1) is 3.79 Å². The van der Waals surface area contributed by atoms with E-state index in [2.05, 4.69) is 22.0 Å². The van der Waals surface area contributed by atoms with E-state index in [1.54, 1.807) is 11.3 Å². The van der Waals surface area contributed by atoms with Crippen molar-refractivity contribution >= 4 is 27.3 Å². The van der Waals surface area contributed by atoms with Crippen molar-refractivity contribution in [3.63, 3.8) is 0 Å². The van der Waals surface area contributed by atoms with Crippen LogP contribution >= 0.6 is 27.3 Å². The fraction of sp³-hybridized carbons (Fsp3) is 0.286. The maximum Gasteiger partial charge on any atom is 0.166 e. The van der Waals surface area contributed by atoms with E-state index in [1.165, 1.54) is 4.88 Å². The molecule has 1 aromatic carbocycles. The van der Waals surface area contributed by atoms with Crippen molar-refractivity contribution in [2.45, 2.75) is 12.5 Å². The highest BCUT2D eigenvalue weighted by Crippen LogP contribution is 2.37. The van der Waals surface area contributed by atoms with Gasteiger partial charge >= 0.3 is 0 Å². The van der Waals surface area contributed by atoms with Crippen LogP contribution in [0.15, 0.2) is 34.1 Å². The number of benzene rings is 1. The summed E-state index contributed by atoms with van der Waals surface area (Å²) in [6, 6.07) is 9.97. The molecule has 1 atom stereocenters. The summed E-state index contributed by atoms with van der Waals surface area (Å²) in [5.41, 5.74) is 7.33. The Hall–Kier alpha value is -1.04. The first kappa shape index (κ1) is 13.0. The molecule has 0 amide bonds. The molecule has 3 nitrogen and oxygen atoms in total. The Labute approximate surface area is 124 Å². The predicted molar refractivity (Wildman–Crippen MR) is 80.1 cm³/mol. The van der Waals surface area contributed by atoms with Gasteiger partial charge in [0, 0.05) is 22.9 Å². The van der Waals surface area contributed by atoms with Gasteiger partial charge in [0.1, 0.15) is 13.2 Å². The highest BCUT2D eigenvalue weighted by atomic mass is 79.9. The molecule has 0 saturated carbocycles. The monoisotopic (exact) mass is 339 g/mol. The molecule has 100 valence electrons. The van der Waals surface area contributed by atoms with E-state index in [-0.39, 0.29) is 6.04 Å². The standard InChI is InChI=1S/C14H14BrNO2S/c15-13-5-4-9(19-13)8-11(16)10-2-1-3-12-14(10)18-7-6-17-12/h1-5,11H,6-8,16H2. The van der Waals surface area contributed by atoms with Crippen molar-refractivity contribution in [1.29, 1.82) is 0 Å². The van der Waals surface area contributed by atoms with E-state index < -0.39 is 0 Å². The van der Waals surface area contributed by atoms with Crippen molar-refractivity contribution in [2.24, 2.45) is 5.73 Å². The fourth-order valence-corrected chi connectivity index (χ4v) is 3.72. The number of para-hydroxylation sites is 1. The van der Waals surface area contributed by atoms with Gasteiger partial charge in [-0.25, -0.2) is 0 Å². The molecule has 0 bridgehead atoms. The molecule has 0 saturated heterocycles. The van der Waals surface area contributed by atoms with E-state index in [0.717, 1.165) is 27.3 Å². The Bertz CT molecular complexity index is 585. The summed E-state index contributed by atoms with van der Waals surface area (Å²) in [5, 5.41) is 0. The van der Waals surface area contributed by atoms with Crippen LogP contribution in [0.1, 0.15) is 16.5 Å². The molecule has 1 aliphatic rings. The van der Waals surface area contributed by atoms with Gasteiger partial charge in [0.25, 0.3) is 0 Å². The summed E-state index contributed by atoms with van der Waals surface area (Å²) in [4.78, 5) is 1.26. The largest absolute Gasteiger partial charge is 0.486 e. The smallest absolute Gasteiger partial charge is 0.166 e. The molecule has 1 aliphatic heterocycles. The van der Waals surface area contributed by atoms with Gasteiger partial charge in [-0.1, -0.05) is 12.1 Å². The number of fused-ring (bicyclic) bond motifs is 1. The highest BCUT2D eigenvalue weighted by Gasteiger charge is 2.20. The van der Waals surface area contributed by atoms with Gasteiger partial charge in [-0.15, -0.1) is 11.3 Å². The van der Waals surface area contributed by atoms with Crippen LogP contribution in [0.25, 0.3) is 0 Å². The van der Waals surface area contributed by atoms with Crippen molar-refractivity contribution in [3.05, 3.63) is 44.6 Å². The minimum atomic E-state index is -0.0813. The Morgan fingerprint density at radius 1 is 1.21 bits per heavy atom. The van der Waals surface area contributed by atoms with Gasteiger partial charge in [0.15, 0.2) is 11.5 Å². The summed E-state index contributed by atoms with van der Waals surface area (Å²) < 4.78 is 12.4. The van der Waals surface area contributed by atoms with E-state index in [0.29, 0.717) is 13.2 Å². The fourth-order valence-electron chi connectivity index (χ4n) is 2.18.